The molecule has 1 amide bonds. The lowest BCUT2D eigenvalue weighted by Crippen LogP contribution is -2.56. The molecule has 59 heavy (non-hydrogen) atoms. The molecule has 0 bridgehead atoms. The molecule has 322 valence electrons. The number of H-pyrrole nitrogens is 1. The van der Waals surface area contributed by atoms with Gasteiger partial charge < -0.3 is 50.1 Å². The molecular formula is C47H69N7O5. The van der Waals surface area contributed by atoms with E-state index in [4.69, 9.17) is 14.9 Å². The topological polar surface area (TPSA) is 147 Å². The van der Waals surface area contributed by atoms with Crippen molar-refractivity contribution < 1.29 is 24.2 Å². The molecule has 2 aromatic heterocycles. The van der Waals surface area contributed by atoms with Crippen molar-refractivity contribution in [3.8, 4) is 5.75 Å². The first-order valence-electron chi connectivity index (χ1n) is 22.7. The second-order valence-corrected chi connectivity index (χ2v) is 18.5. The van der Waals surface area contributed by atoms with Crippen molar-refractivity contribution in [1.82, 2.24) is 29.9 Å². The minimum Gasteiger partial charge on any atom is -0.488 e. The molecule has 12 heteroatoms. The number of para-hydroxylation sites is 1. The van der Waals surface area contributed by atoms with E-state index < -0.39 is 12.2 Å². The number of aromatic amines is 1. The SMILES string of the molecule is CC1CN(C(C)CN2CCC(NC(=O)c3cc4c(OCc5coc6ccccc56)cccc4[nH]3)CC2)CC(O)C1O.NC1CCN(CC2CCCN3CCCCC23)CC1. The Labute approximate surface area is 350 Å². The van der Waals surface area contributed by atoms with Gasteiger partial charge in [0.1, 0.15) is 23.6 Å². The Morgan fingerprint density at radius 3 is 2.51 bits per heavy atom. The minimum atomic E-state index is -0.689. The number of β-amino-alcohol motifs (C(OH)–C–C–N with tert-alkyl or cyclic N) is 1. The number of ether oxygens (including phenoxy) is 1. The van der Waals surface area contributed by atoms with Crippen LogP contribution in [0.1, 0.15) is 87.7 Å². The molecule has 0 radical (unpaired) electrons. The highest BCUT2D eigenvalue weighted by Gasteiger charge is 2.36. The molecule has 5 aliphatic heterocycles. The fourth-order valence-electron chi connectivity index (χ4n) is 10.6. The molecule has 7 heterocycles. The van der Waals surface area contributed by atoms with Gasteiger partial charge in [0.05, 0.1) is 18.5 Å². The standard InChI is InChI=1S/C32H40N4O5.C15H29N3/c1-20-15-36(17-28(37)31(20)38)21(2)16-35-12-10-23(11-13-35)33-32(39)27-14-25-26(34-27)7-5-9-30(25)41-19-22-18-40-29-8-4-3-6-24(22)29;16-14-6-10-17(11-7-14)12-13-4-3-9-18-8-2-1-5-15(13)18/h3-9,14,18,20-21,23,28,31,34,37-38H,10-13,15-17,19H2,1-2H3,(H,33,39);13-15H,1-12,16H2. The highest BCUT2D eigenvalue weighted by Crippen LogP contribution is 2.32. The normalized spacial score (nSPS) is 27.6. The number of nitrogens with one attached hydrogen (secondary N) is 2. The van der Waals surface area contributed by atoms with E-state index in [1.807, 2.05) is 55.5 Å². The summed E-state index contributed by atoms with van der Waals surface area (Å²) in [5, 5.41) is 25.4. The number of aliphatic hydroxyl groups excluding tert-OH is 2. The molecule has 4 aromatic rings. The fraction of sp³-hybridized carbons (Fsp3) is 0.638. The van der Waals surface area contributed by atoms with Crippen molar-refractivity contribution in [1.29, 1.82) is 0 Å². The third kappa shape index (κ3) is 10.3. The van der Waals surface area contributed by atoms with Gasteiger partial charge in [-0.15, -0.1) is 0 Å². The van der Waals surface area contributed by atoms with E-state index >= 15 is 0 Å². The van der Waals surface area contributed by atoms with Crippen LogP contribution in [0.5, 0.6) is 5.75 Å². The number of furan rings is 1. The van der Waals surface area contributed by atoms with Gasteiger partial charge in [0.2, 0.25) is 0 Å². The number of nitrogens with two attached hydrogens (primary N) is 1. The molecule has 5 aliphatic rings. The van der Waals surface area contributed by atoms with Crippen LogP contribution < -0.4 is 15.8 Å². The smallest absolute Gasteiger partial charge is 0.267 e. The van der Waals surface area contributed by atoms with Crippen LogP contribution in [0, 0.1) is 11.8 Å². The highest BCUT2D eigenvalue weighted by molar-refractivity contribution is 5.99. The first-order chi connectivity index (χ1) is 28.7. The van der Waals surface area contributed by atoms with Crippen LogP contribution >= 0.6 is 0 Å². The number of carbonyl (C=O) groups excluding carboxylic acids is 1. The van der Waals surface area contributed by atoms with Gasteiger partial charge in [-0.1, -0.05) is 37.6 Å². The van der Waals surface area contributed by atoms with E-state index in [1.165, 1.54) is 77.7 Å². The molecular weight excluding hydrogens is 743 g/mol. The van der Waals surface area contributed by atoms with Crippen molar-refractivity contribution in [2.45, 2.75) is 115 Å². The number of fused-ring (bicyclic) bond motifs is 3. The molecule has 2 aromatic carbocycles. The van der Waals surface area contributed by atoms with Gasteiger partial charge in [0, 0.05) is 85.3 Å². The average molecular weight is 812 g/mol. The van der Waals surface area contributed by atoms with Crippen molar-refractivity contribution in [2.24, 2.45) is 17.6 Å². The fourth-order valence-corrected chi connectivity index (χ4v) is 10.6. The third-order valence-electron chi connectivity index (χ3n) is 14.2. The molecule has 6 atom stereocenters. The Hall–Kier alpha value is -3.49. The number of aliphatic hydroxyl groups is 2. The summed E-state index contributed by atoms with van der Waals surface area (Å²) in [5.41, 5.74) is 9.21. The molecule has 6 unspecified atom stereocenters. The molecule has 5 saturated heterocycles. The minimum absolute atomic E-state index is 0.0613. The van der Waals surface area contributed by atoms with Gasteiger partial charge in [-0.3, -0.25) is 9.69 Å². The number of aromatic nitrogens is 1. The van der Waals surface area contributed by atoms with E-state index in [2.05, 4.69) is 36.8 Å². The number of hydrogen-bond acceptors (Lipinski definition) is 10. The number of nitrogens with zero attached hydrogens (tertiary/aromatic N) is 4. The number of rotatable bonds is 10. The summed E-state index contributed by atoms with van der Waals surface area (Å²) in [6, 6.07) is 17.4. The summed E-state index contributed by atoms with van der Waals surface area (Å²) in [7, 11) is 0. The molecule has 5 fully saturated rings. The second-order valence-electron chi connectivity index (χ2n) is 18.5. The molecule has 6 N–H and O–H groups in total. The van der Waals surface area contributed by atoms with Crippen molar-refractivity contribution >= 4 is 27.8 Å². The zero-order valence-corrected chi connectivity index (χ0v) is 35.4. The predicted molar refractivity (Wildman–Crippen MR) is 234 cm³/mol. The lowest BCUT2D eigenvalue weighted by molar-refractivity contribution is -0.0799. The van der Waals surface area contributed by atoms with Crippen LogP contribution in [0.15, 0.2) is 59.2 Å². The maximum atomic E-state index is 13.2. The molecule has 0 aliphatic carbocycles. The van der Waals surface area contributed by atoms with E-state index in [0.29, 0.717) is 30.9 Å². The number of amides is 1. The Bertz CT molecular complexity index is 1940. The third-order valence-corrected chi connectivity index (χ3v) is 14.2. The summed E-state index contributed by atoms with van der Waals surface area (Å²) in [4.78, 5) is 26.6. The summed E-state index contributed by atoms with van der Waals surface area (Å²) in [6.45, 7) is 15.2. The number of piperidine rings is 5. The highest BCUT2D eigenvalue weighted by atomic mass is 16.5. The van der Waals surface area contributed by atoms with Gasteiger partial charge in [0.15, 0.2) is 0 Å². The Balaban J connectivity index is 0.000000223. The van der Waals surface area contributed by atoms with E-state index in [-0.39, 0.29) is 17.9 Å². The van der Waals surface area contributed by atoms with Gasteiger partial charge in [-0.2, -0.15) is 0 Å². The van der Waals surface area contributed by atoms with Crippen LogP contribution in [-0.2, 0) is 6.61 Å². The molecule has 0 saturated carbocycles. The number of carbonyl (C=O) groups is 1. The number of hydrogen-bond donors (Lipinski definition) is 5. The molecule has 12 nitrogen and oxygen atoms in total. The van der Waals surface area contributed by atoms with Crippen LogP contribution in [0.3, 0.4) is 0 Å². The quantitative estimate of drug-likeness (QED) is 0.141. The summed E-state index contributed by atoms with van der Waals surface area (Å²) in [5.74, 6) is 1.62. The van der Waals surface area contributed by atoms with E-state index in [0.717, 1.165) is 84.2 Å². The zero-order valence-electron chi connectivity index (χ0n) is 35.4. The van der Waals surface area contributed by atoms with E-state index in [9.17, 15) is 15.0 Å². The predicted octanol–water partition coefficient (Wildman–Crippen LogP) is 5.42. The molecule has 9 rings (SSSR count). The van der Waals surface area contributed by atoms with Crippen molar-refractivity contribution in [2.75, 3.05) is 65.4 Å². The lowest BCUT2D eigenvalue weighted by atomic mass is 9.83. The van der Waals surface area contributed by atoms with Gasteiger partial charge >= 0.3 is 0 Å². The average Bonchev–Trinajstić information content (AvgIpc) is 3.89. The second kappa shape index (κ2) is 19.5. The lowest BCUT2D eigenvalue weighted by Gasteiger charge is -2.46. The summed E-state index contributed by atoms with van der Waals surface area (Å²) < 4.78 is 11.8. The first-order valence-corrected chi connectivity index (χ1v) is 22.7. The Morgan fingerprint density at radius 1 is 0.915 bits per heavy atom. The van der Waals surface area contributed by atoms with E-state index in [1.54, 1.807) is 6.26 Å². The monoisotopic (exact) mass is 812 g/mol. The van der Waals surface area contributed by atoms with Gasteiger partial charge in [-0.25, -0.2) is 0 Å². The van der Waals surface area contributed by atoms with Gasteiger partial charge in [0.25, 0.3) is 5.91 Å². The summed E-state index contributed by atoms with van der Waals surface area (Å²) >= 11 is 0. The maximum Gasteiger partial charge on any atom is 0.267 e. The summed E-state index contributed by atoms with van der Waals surface area (Å²) in [6.07, 6.45) is 11.8. The zero-order chi connectivity index (χ0) is 40.9. The first kappa shape index (κ1) is 42.2. The van der Waals surface area contributed by atoms with Crippen molar-refractivity contribution in [3.05, 3.63) is 66.1 Å². The van der Waals surface area contributed by atoms with Crippen LogP contribution in [0.25, 0.3) is 21.9 Å². The molecule has 0 spiro atoms. The largest absolute Gasteiger partial charge is 0.488 e. The Morgan fingerprint density at radius 2 is 1.69 bits per heavy atom. The number of benzene rings is 2. The van der Waals surface area contributed by atoms with Gasteiger partial charge in [-0.05, 0) is 121 Å². The maximum absolute atomic E-state index is 13.2. The Kier molecular flexibility index (Phi) is 13.9. The van der Waals surface area contributed by atoms with Crippen LogP contribution in [-0.4, -0.2) is 143 Å². The van der Waals surface area contributed by atoms with Crippen LogP contribution in [0.4, 0.5) is 0 Å². The van der Waals surface area contributed by atoms with Crippen molar-refractivity contribution in [3.63, 3.8) is 0 Å². The number of likely N-dealkylation sites (tertiary alicyclic amines) is 3. The van der Waals surface area contributed by atoms with Crippen LogP contribution in [0.2, 0.25) is 0 Å².